The highest BCUT2D eigenvalue weighted by atomic mass is 79.9. The number of rotatable bonds is 3. The van der Waals surface area contributed by atoms with Crippen molar-refractivity contribution in [2.75, 3.05) is 11.9 Å². The average Bonchev–Trinajstić information content (AvgIpc) is 2.61. The Morgan fingerprint density at radius 2 is 2.24 bits per heavy atom. The number of aromatic nitrogens is 1. The van der Waals surface area contributed by atoms with Gasteiger partial charge in [-0.3, -0.25) is 9.59 Å². The summed E-state index contributed by atoms with van der Waals surface area (Å²) in [6, 6.07) is 1.72. The molecular weight excluding hydrogens is 420 g/mol. The standard InChI is InChI=1S/C10H9Br3N2O2/c11-3-6(16)1-5-4-14-10(17)8-2-7(12)9(13)15(5)8/h2,5H,1,3-4H2,(H,14,17)/t5-/m0/s1. The molecule has 1 aliphatic rings. The van der Waals surface area contributed by atoms with Crippen molar-refractivity contribution < 1.29 is 9.59 Å². The van der Waals surface area contributed by atoms with Crippen LogP contribution in [0.4, 0.5) is 0 Å². The fourth-order valence-electron chi connectivity index (χ4n) is 1.88. The predicted molar refractivity (Wildman–Crippen MR) is 74.6 cm³/mol. The summed E-state index contributed by atoms with van der Waals surface area (Å²) in [6.45, 7) is 0.476. The maximum Gasteiger partial charge on any atom is 0.268 e. The molecule has 1 aromatic heterocycles. The van der Waals surface area contributed by atoms with Crippen LogP contribution in [0.5, 0.6) is 0 Å². The Bertz CT molecular complexity index is 484. The molecule has 0 radical (unpaired) electrons. The second-order valence-corrected chi connectivity index (χ2v) is 5.94. The van der Waals surface area contributed by atoms with Gasteiger partial charge in [0.2, 0.25) is 0 Å². The molecule has 1 N–H and O–H groups in total. The van der Waals surface area contributed by atoms with E-state index in [4.69, 9.17) is 0 Å². The number of nitrogens with one attached hydrogen (secondary N) is 1. The van der Waals surface area contributed by atoms with E-state index in [2.05, 4.69) is 53.1 Å². The lowest BCUT2D eigenvalue weighted by molar-refractivity contribution is -0.117. The van der Waals surface area contributed by atoms with E-state index in [-0.39, 0.29) is 17.7 Å². The van der Waals surface area contributed by atoms with Crippen LogP contribution in [0, 0.1) is 0 Å². The minimum absolute atomic E-state index is 0.0339. The van der Waals surface area contributed by atoms with E-state index in [9.17, 15) is 9.59 Å². The van der Waals surface area contributed by atoms with Crippen molar-refractivity contribution in [2.24, 2.45) is 0 Å². The second kappa shape index (κ2) is 5.24. The first-order chi connectivity index (χ1) is 8.04. The zero-order valence-electron chi connectivity index (χ0n) is 8.67. The monoisotopic (exact) mass is 426 g/mol. The van der Waals surface area contributed by atoms with Crippen molar-refractivity contribution in [3.63, 3.8) is 0 Å². The molecule has 1 amide bonds. The molecule has 2 rings (SSSR count). The van der Waals surface area contributed by atoms with Crippen LogP contribution in [-0.2, 0) is 4.79 Å². The van der Waals surface area contributed by atoms with Gasteiger partial charge >= 0.3 is 0 Å². The third-order valence-corrected chi connectivity index (χ3v) is 5.21. The van der Waals surface area contributed by atoms with Gasteiger partial charge in [-0.05, 0) is 37.9 Å². The summed E-state index contributed by atoms with van der Waals surface area (Å²) in [5.74, 6) is 0.00719. The molecule has 7 heteroatoms. The first-order valence-electron chi connectivity index (χ1n) is 4.96. The van der Waals surface area contributed by atoms with Crippen molar-refractivity contribution in [3.05, 3.63) is 20.8 Å². The molecule has 4 nitrogen and oxygen atoms in total. The van der Waals surface area contributed by atoms with Crippen molar-refractivity contribution >= 4 is 59.5 Å². The fourth-order valence-corrected chi connectivity index (χ4v) is 3.11. The zero-order valence-corrected chi connectivity index (χ0v) is 13.4. The number of halogens is 3. The molecule has 0 fully saturated rings. The molecule has 92 valence electrons. The van der Waals surface area contributed by atoms with Gasteiger partial charge in [0.25, 0.3) is 5.91 Å². The van der Waals surface area contributed by atoms with Gasteiger partial charge in [0, 0.05) is 13.0 Å². The second-order valence-electron chi connectivity index (χ2n) is 3.78. The lowest BCUT2D eigenvalue weighted by Crippen LogP contribution is -2.39. The van der Waals surface area contributed by atoms with Gasteiger partial charge < -0.3 is 9.88 Å². The molecular formula is C10H9Br3N2O2. The summed E-state index contributed by atoms with van der Waals surface area (Å²) in [6.07, 6.45) is 0.401. The molecule has 0 aliphatic carbocycles. The summed E-state index contributed by atoms with van der Waals surface area (Å²) in [7, 11) is 0. The van der Waals surface area contributed by atoms with Crippen molar-refractivity contribution in [1.82, 2.24) is 9.88 Å². The van der Waals surface area contributed by atoms with Gasteiger partial charge in [-0.15, -0.1) is 0 Å². The molecule has 0 aromatic carbocycles. The molecule has 17 heavy (non-hydrogen) atoms. The number of carbonyl (C=O) groups excluding carboxylic acids is 2. The Hall–Kier alpha value is -0.140. The maximum absolute atomic E-state index is 11.7. The fraction of sp³-hybridized carbons (Fsp3) is 0.400. The first-order valence-corrected chi connectivity index (χ1v) is 7.67. The number of nitrogens with zero attached hydrogens (tertiary/aromatic N) is 1. The molecule has 1 aromatic rings. The smallest absolute Gasteiger partial charge is 0.268 e. The lowest BCUT2D eigenvalue weighted by Gasteiger charge is -2.26. The SMILES string of the molecule is O=C(CBr)C[C@H]1CNC(=O)c2cc(Br)c(Br)n21. The number of fused-ring (bicyclic) bond motifs is 1. The van der Waals surface area contributed by atoms with Crippen LogP contribution in [0.3, 0.4) is 0 Å². The summed E-state index contributed by atoms with van der Waals surface area (Å²) in [5.41, 5.74) is 0.572. The Balaban J connectivity index is 2.38. The summed E-state index contributed by atoms with van der Waals surface area (Å²) < 4.78 is 3.49. The topological polar surface area (TPSA) is 51.1 Å². The van der Waals surface area contributed by atoms with E-state index >= 15 is 0 Å². The van der Waals surface area contributed by atoms with Crippen molar-refractivity contribution in [2.45, 2.75) is 12.5 Å². The molecule has 0 saturated heterocycles. The minimum atomic E-state index is -0.112. The van der Waals surface area contributed by atoms with Gasteiger partial charge in [0.15, 0.2) is 0 Å². The number of hydrogen-bond donors (Lipinski definition) is 1. The van der Waals surface area contributed by atoms with E-state index in [0.717, 1.165) is 9.08 Å². The number of Topliss-reactive ketones (excluding diaryl/α,β-unsaturated/α-hetero) is 1. The van der Waals surface area contributed by atoms with E-state index in [1.54, 1.807) is 6.07 Å². The van der Waals surface area contributed by atoms with Crippen LogP contribution >= 0.6 is 47.8 Å². The van der Waals surface area contributed by atoms with Gasteiger partial charge in [-0.1, -0.05) is 15.9 Å². The van der Waals surface area contributed by atoms with Crippen molar-refractivity contribution in [1.29, 1.82) is 0 Å². The van der Waals surface area contributed by atoms with E-state index in [1.165, 1.54) is 0 Å². The summed E-state index contributed by atoms with van der Waals surface area (Å²) in [4.78, 5) is 23.2. The van der Waals surface area contributed by atoms with Gasteiger partial charge in [0.05, 0.1) is 20.4 Å². The zero-order chi connectivity index (χ0) is 12.6. The molecule has 2 heterocycles. The highest BCUT2D eigenvalue weighted by Gasteiger charge is 2.29. The van der Waals surface area contributed by atoms with Crippen LogP contribution in [0.25, 0.3) is 0 Å². The molecule has 1 atom stereocenters. The predicted octanol–water partition coefficient (Wildman–Crippen LogP) is 2.65. The van der Waals surface area contributed by atoms with Crippen LogP contribution in [0.15, 0.2) is 15.1 Å². The van der Waals surface area contributed by atoms with Gasteiger partial charge in [-0.25, -0.2) is 0 Å². The van der Waals surface area contributed by atoms with Gasteiger partial charge in [0.1, 0.15) is 11.5 Å². The number of alkyl halides is 1. The minimum Gasteiger partial charge on any atom is -0.349 e. The average molecular weight is 429 g/mol. The van der Waals surface area contributed by atoms with Crippen LogP contribution < -0.4 is 5.32 Å². The number of ketones is 1. The van der Waals surface area contributed by atoms with E-state index in [1.807, 2.05) is 4.57 Å². The third-order valence-electron chi connectivity index (χ3n) is 2.64. The normalized spacial score (nSPS) is 18.8. The molecule has 0 unspecified atom stereocenters. The highest BCUT2D eigenvalue weighted by molar-refractivity contribution is 9.13. The third kappa shape index (κ3) is 2.51. The quantitative estimate of drug-likeness (QED) is 0.752. The number of carbonyl (C=O) groups is 2. The maximum atomic E-state index is 11.7. The number of hydrogen-bond acceptors (Lipinski definition) is 2. The Kier molecular flexibility index (Phi) is 4.10. The van der Waals surface area contributed by atoms with E-state index in [0.29, 0.717) is 24.0 Å². The van der Waals surface area contributed by atoms with Crippen molar-refractivity contribution in [3.8, 4) is 0 Å². The lowest BCUT2D eigenvalue weighted by atomic mass is 10.1. The Labute approximate surface area is 124 Å². The van der Waals surface area contributed by atoms with E-state index < -0.39 is 0 Å². The van der Waals surface area contributed by atoms with Crippen LogP contribution in [-0.4, -0.2) is 28.1 Å². The molecule has 1 aliphatic heterocycles. The Morgan fingerprint density at radius 3 is 2.88 bits per heavy atom. The van der Waals surface area contributed by atoms with Gasteiger partial charge in [-0.2, -0.15) is 0 Å². The number of amides is 1. The largest absolute Gasteiger partial charge is 0.349 e. The first kappa shape index (κ1) is 13.3. The van der Waals surface area contributed by atoms with Crippen LogP contribution in [0.1, 0.15) is 23.0 Å². The Morgan fingerprint density at radius 1 is 1.53 bits per heavy atom. The molecule has 0 bridgehead atoms. The molecule has 0 spiro atoms. The summed E-state index contributed by atoms with van der Waals surface area (Å²) >= 11 is 9.95. The molecule has 0 saturated carbocycles. The highest BCUT2D eigenvalue weighted by Crippen LogP contribution is 2.33. The summed E-state index contributed by atoms with van der Waals surface area (Å²) in [5, 5.41) is 3.13. The van der Waals surface area contributed by atoms with Crippen LogP contribution in [0.2, 0.25) is 0 Å².